The third kappa shape index (κ3) is 2.91. The van der Waals surface area contributed by atoms with Crippen LogP contribution in [-0.4, -0.2) is 67.3 Å². The lowest BCUT2D eigenvalue weighted by atomic mass is 9.93. The van der Waals surface area contributed by atoms with Crippen LogP contribution in [0.2, 0.25) is 0 Å². The van der Waals surface area contributed by atoms with Crippen LogP contribution in [0.15, 0.2) is 0 Å². The minimum absolute atomic E-state index is 0.0408. The molecule has 1 unspecified atom stereocenters. The second-order valence-corrected chi connectivity index (χ2v) is 5.21. The molecule has 4 heteroatoms. The Bertz CT molecular complexity index is 212. The number of nitrogens with zero attached hydrogens (tertiary/aromatic N) is 2. The maximum Gasteiger partial charge on any atom is 0.0829 e. The molecule has 2 N–H and O–H groups in total. The van der Waals surface area contributed by atoms with Crippen LogP contribution in [0.1, 0.15) is 13.8 Å². The lowest BCUT2D eigenvalue weighted by Gasteiger charge is -2.47. The lowest BCUT2D eigenvalue weighted by molar-refractivity contribution is -0.0595. The van der Waals surface area contributed by atoms with E-state index in [4.69, 9.17) is 10.5 Å². The Kier molecular flexibility index (Phi) is 3.30. The van der Waals surface area contributed by atoms with Gasteiger partial charge in [0.25, 0.3) is 0 Å². The van der Waals surface area contributed by atoms with Crippen LogP contribution in [0.3, 0.4) is 0 Å². The lowest BCUT2D eigenvalue weighted by Crippen LogP contribution is -2.67. The highest BCUT2D eigenvalue weighted by molar-refractivity contribution is 4.96. The fraction of sp³-hybridized carbons (Fsp3) is 1.00. The number of morpholine rings is 1. The molecule has 0 aromatic rings. The van der Waals surface area contributed by atoms with Crippen molar-refractivity contribution in [2.24, 2.45) is 5.73 Å². The summed E-state index contributed by atoms with van der Waals surface area (Å²) in [5.74, 6) is 0. The maximum absolute atomic E-state index is 5.98. The molecule has 0 aromatic heterocycles. The van der Waals surface area contributed by atoms with Crippen molar-refractivity contribution in [2.45, 2.75) is 25.5 Å². The minimum atomic E-state index is 0.0408. The molecule has 0 amide bonds. The van der Waals surface area contributed by atoms with E-state index in [0.29, 0.717) is 6.10 Å². The predicted molar refractivity (Wildman–Crippen MR) is 60.9 cm³/mol. The monoisotopic (exact) mass is 213 g/mol. The smallest absolute Gasteiger partial charge is 0.0829 e. The third-order valence-corrected chi connectivity index (χ3v) is 3.30. The molecule has 15 heavy (non-hydrogen) atoms. The van der Waals surface area contributed by atoms with Crippen LogP contribution in [-0.2, 0) is 4.74 Å². The van der Waals surface area contributed by atoms with E-state index in [1.807, 2.05) is 0 Å². The van der Waals surface area contributed by atoms with Crippen LogP contribution in [0, 0.1) is 0 Å². The first-order valence-electron chi connectivity index (χ1n) is 5.94. The summed E-state index contributed by atoms with van der Waals surface area (Å²) >= 11 is 0. The second-order valence-electron chi connectivity index (χ2n) is 5.21. The Hall–Kier alpha value is -0.160. The Labute approximate surface area is 92.4 Å². The molecule has 2 heterocycles. The molecule has 0 spiro atoms. The van der Waals surface area contributed by atoms with Crippen LogP contribution in [0.5, 0.6) is 0 Å². The molecule has 0 radical (unpaired) electrons. The van der Waals surface area contributed by atoms with E-state index >= 15 is 0 Å². The van der Waals surface area contributed by atoms with Crippen LogP contribution >= 0.6 is 0 Å². The number of likely N-dealkylation sites (tertiary alicyclic amines) is 1. The van der Waals surface area contributed by atoms with Crippen LogP contribution in [0.25, 0.3) is 0 Å². The zero-order chi connectivity index (χ0) is 10.9. The SMILES string of the molecule is CCN1CCOC(CN2CC(C)(N)C2)C1. The summed E-state index contributed by atoms with van der Waals surface area (Å²) in [5.41, 5.74) is 6.02. The van der Waals surface area contributed by atoms with Crippen molar-refractivity contribution in [3.05, 3.63) is 0 Å². The summed E-state index contributed by atoms with van der Waals surface area (Å²) in [6, 6.07) is 0. The Morgan fingerprint density at radius 1 is 1.40 bits per heavy atom. The van der Waals surface area contributed by atoms with Crippen molar-refractivity contribution in [1.29, 1.82) is 0 Å². The normalized spacial score (nSPS) is 32.6. The molecule has 0 saturated carbocycles. The number of hydrogen-bond acceptors (Lipinski definition) is 4. The van der Waals surface area contributed by atoms with Gasteiger partial charge in [0, 0.05) is 38.3 Å². The Balaban J connectivity index is 1.71. The van der Waals surface area contributed by atoms with Gasteiger partial charge in [-0.3, -0.25) is 9.80 Å². The molecule has 0 aromatic carbocycles. The summed E-state index contributed by atoms with van der Waals surface area (Å²) in [4.78, 5) is 4.85. The standard InChI is InChI=1S/C11H23N3O/c1-3-13-4-5-15-10(6-13)7-14-8-11(2,12)9-14/h10H,3-9,12H2,1-2H3. The number of ether oxygens (including phenoxy) is 1. The van der Waals surface area contributed by atoms with Crippen molar-refractivity contribution < 1.29 is 4.74 Å². The second kappa shape index (κ2) is 4.37. The van der Waals surface area contributed by atoms with Crippen molar-refractivity contribution in [1.82, 2.24) is 9.80 Å². The average molecular weight is 213 g/mol. The van der Waals surface area contributed by atoms with Crippen molar-refractivity contribution in [3.8, 4) is 0 Å². The van der Waals surface area contributed by atoms with Gasteiger partial charge in [0.2, 0.25) is 0 Å². The molecule has 1 atom stereocenters. The first-order chi connectivity index (χ1) is 7.09. The van der Waals surface area contributed by atoms with Gasteiger partial charge in [-0.2, -0.15) is 0 Å². The summed E-state index contributed by atoms with van der Waals surface area (Å²) < 4.78 is 5.76. The van der Waals surface area contributed by atoms with Gasteiger partial charge in [-0.05, 0) is 13.5 Å². The predicted octanol–water partition coefficient (Wildman–Crippen LogP) is -0.260. The van der Waals surface area contributed by atoms with E-state index in [1.165, 1.54) is 0 Å². The Morgan fingerprint density at radius 2 is 2.13 bits per heavy atom. The number of nitrogens with two attached hydrogens (primary N) is 1. The van der Waals surface area contributed by atoms with Gasteiger partial charge < -0.3 is 10.5 Å². The largest absolute Gasteiger partial charge is 0.374 e. The highest BCUT2D eigenvalue weighted by atomic mass is 16.5. The molecule has 2 aliphatic heterocycles. The number of likely N-dealkylation sites (N-methyl/N-ethyl adjacent to an activating group) is 1. The van der Waals surface area contributed by atoms with E-state index in [9.17, 15) is 0 Å². The van der Waals surface area contributed by atoms with Crippen molar-refractivity contribution in [3.63, 3.8) is 0 Å². The first kappa shape index (κ1) is 11.3. The molecule has 2 aliphatic rings. The van der Waals surface area contributed by atoms with Gasteiger partial charge in [0.15, 0.2) is 0 Å². The van der Waals surface area contributed by atoms with Gasteiger partial charge in [-0.1, -0.05) is 6.92 Å². The third-order valence-electron chi connectivity index (χ3n) is 3.30. The molecular formula is C11H23N3O. The maximum atomic E-state index is 5.98. The number of hydrogen-bond donors (Lipinski definition) is 1. The zero-order valence-corrected chi connectivity index (χ0v) is 9.91. The van der Waals surface area contributed by atoms with Gasteiger partial charge in [-0.15, -0.1) is 0 Å². The fourth-order valence-corrected chi connectivity index (χ4v) is 2.57. The van der Waals surface area contributed by atoms with Crippen LogP contribution in [0.4, 0.5) is 0 Å². The minimum Gasteiger partial charge on any atom is -0.374 e. The van der Waals surface area contributed by atoms with Crippen LogP contribution < -0.4 is 5.73 Å². The highest BCUT2D eigenvalue weighted by Crippen LogP contribution is 2.18. The van der Waals surface area contributed by atoms with Gasteiger partial charge in [0.1, 0.15) is 0 Å². The van der Waals surface area contributed by atoms with Gasteiger partial charge >= 0.3 is 0 Å². The quantitative estimate of drug-likeness (QED) is 0.701. The highest BCUT2D eigenvalue weighted by Gasteiger charge is 2.36. The van der Waals surface area contributed by atoms with Gasteiger partial charge in [-0.25, -0.2) is 0 Å². The number of rotatable bonds is 3. The molecule has 4 nitrogen and oxygen atoms in total. The average Bonchev–Trinajstić information content (AvgIpc) is 2.15. The topological polar surface area (TPSA) is 41.7 Å². The zero-order valence-electron chi connectivity index (χ0n) is 9.91. The van der Waals surface area contributed by atoms with E-state index in [0.717, 1.165) is 45.9 Å². The molecule has 2 fully saturated rings. The summed E-state index contributed by atoms with van der Waals surface area (Å²) in [7, 11) is 0. The Morgan fingerprint density at radius 3 is 2.73 bits per heavy atom. The van der Waals surface area contributed by atoms with E-state index in [1.54, 1.807) is 0 Å². The molecule has 2 rings (SSSR count). The first-order valence-corrected chi connectivity index (χ1v) is 5.94. The fourth-order valence-electron chi connectivity index (χ4n) is 2.57. The van der Waals surface area contributed by atoms with Crippen molar-refractivity contribution >= 4 is 0 Å². The summed E-state index contributed by atoms with van der Waals surface area (Å²) in [5, 5.41) is 0. The van der Waals surface area contributed by atoms with Crippen molar-refractivity contribution in [2.75, 3.05) is 45.9 Å². The van der Waals surface area contributed by atoms with E-state index in [2.05, 4.69) is 23.6 Å². The van der Waals surface area contributed by atoms with Gasteiger partial charge in [0.05, 0.1) is 12.7 Å². The summed E-state index contributed by atoms with van der Waals surface area (Å²) in [6.45, 7) is 11.6. The van der Waals surface area contributed by atoms with E-state index < -0.39 is 0 Å². The summed E-state index contributed by atoms with van der Waals surface area (Å²) in [6.07, 6.45) is 0.384. The molecule has 0 aliphatic carbocycles. The van der Waals surface area contributed by atoms with E-state index in [-0.39, 0.29) is 5.54 Å². The molecule has 0 bridgehead atoms. The molecule has 2 saturated heterocycles. The molecular weight excluding hydrogens is 190 g/mol. The molecule has 88 valence electrons.